The molecule has 0 radical (unpaired) electrons. The summed E-state index contributed by atoms with van der Waals surface area (Å²) in [6, 6.07) is 0. The van der Waals surface area contributed by atoms with Crippen molar-refractivity contribution >= 4 is 37.7 Å². The van der Waals surface area contributed by atoms with E-state index in [4.69, 9.17) is 30.3 Å². The average molecular weight is 566 g/mol. The lowest BCUT2D eigenvalue weighted by Gasteiger charge is -2.53. The lowest BCUT2D eigenvalue weighted by atomic mass is 9.60. The topological polar surface area (TPSA) is 303 Å². The van der Waals surface area contributed by atoms with Crippen LogP contribution in [0.5, 0.6) is 0 Å². The monoisotopic (exact) mass is 566 g/mol. The van der Waals surface area contributed by atoms with E-state index in [9.17, 15) is 48.5 Å². The molecule has 18 heteroatoms. The highest BCUT2D eigenvalue weighted by atomic mass is 31.2. The Kier molecular flexibility index (Phi) is 12.5. The molecule has 0 aliphatic rings. The van der Waals surface area contributed by atoms with Gasteiger partial charge in [-0.2, -0.15) is 0 Å². The third-order valence-corrected chi connectivity index (χ3v) is 5.21. The Morgan fingerprint density at radius 3 is 1.18 bits per heavy atom. The van der Waals surface area contributed by atoms with Gasteiger partial charge in [-0.25, -0.2) is 28.5 Å². The number of aliphatic hydroxyl groups excluding tert-OH is 2. The maximum atomic E-state index is 12.0. The number of phosphoric ester groups is 1. The van der Waals surface area contributed by atoms with E-state index in [-0.39, 0.29) is 42.5 Å². The van der Waals surface area contributed by atoms with Crippen molar-refractivity contribution in [3.63, 3.8) is 0 Å². The molecule has 0 aromatic carbocycles. The second-order valence-electron chi connectivity index (χ2n) is 7.01. The number of hydrogen-bond donors (Lipinski definition) is 9. The van der Waals surface area contributed by atoms with Gasteiger partial charge < -0.3 is 50.3 Å². The fraction of sp³-hybridized carbons (Fsp3) is 0.250. The van der Waals surface area contributed by atoms with Crippen LogP contribution >= 0.6 is 7.82 Å². The molecule has 9 N–H and O–H groups in total. The Morgan fingerprint density at radius 2 is 0.921 bits per heavy atom. The van der Waals surface area contributed by atoms with E-state index in [0.717, 1.165) is 0 Å². The van der Waals surface area contributed by atoms with E-state index >= 15 is 0 Å². The summed E-state index contributed by atoms with van der Waals surface area (Å²) < 4.78 is 21.9. The molecule has 0 unspecified atom stereocenters. The van der Waals surface area contributed by atoms with Gasteiger partial charge in [0.05, 0.1) is 25.6 Å². The molecule has 0 amide bonds. The van der Waals surface area contributed by atoms with Crippen LogP contribution in [0.3, 0.4) is 0 Å². The van der Waals surface area contributed by atoms with Gasteiger partial charge in [-0.05, 0) is 24.3 Å². The highest BCUT2D eigenvalue weighted by molar-refractivity contribution is 7.46. The van der Waals surface area contributed by atoms with Crippen molar-refractivity contribution in [2.45, 2.75) is 11.2 Å². The second kappa shape index (κ2) is 14.0. The summed E-state index contributed by atoms with van der Waals surface area (Å²) in [6.07, 6.45) is 2.60. The Labute approximate surface area is 212 Å². The number of aliphatic carboxylic acids is 5. The van der Waals surface area contributed by atoms with Gasteiger partial charge in [0.1, 0.15) is 11.0 Å². The van der Waals surface area contributed by atoms with Crippen molar-refractivity contribution in [1.82, 2.24) is 0 Å². The van der Waals surface area contributed by atoms with E-state index in [1.54, 1.807) is 0 Å². The molecule has 38 heavy (non-hydrogen) atoms. The third kappa shape index (κ3) is 9.40. The highest BCUT2D eigenvalue weighted by Gasteiger charge is 2.64. The average Bonchev–Trinajstić information content (AvgIpc) is 2.77. The minimum absolute atomic E-state index is 0.140. The number of phosphoric acid groups is 1. The molecule has 0 aromatic heterocycles. The molecule has 0 aliphatic carbocycles. The molecule has 0 atom stereocenters. The Bertz CT molecular complexity index is 1050. The first-order valence-corrected chi connectivity index (χ1v) is 11.2. The largest absolute Gasteiger partial charge is 0.485 e. The molecule has 0 heterocycles. The van der Waals surface area contributed by atoms with E-state index < -0.39 is 67.5 Å². The predicted octanol–water partition coefficient (Wildman–Crippen LogP) is -1.28. The third-order valence-electron chi connectivity index (χ3n) is 4.67. The van der Waals surface area contributed by atoms with Crippen LogP contribution in [0, 0.1) is 5.41 Å². The molecule has 0 spiro atoms. The first-order valence-electron chi connectivity index (χ1n) is 9.65. The standard InChI is InChI=1S/C20H23O17P/c21-11-18(12-22,20(8-3-15(27)28,9-4-16(29)30)37-38(33,34)35)19(6-1-13(23)24,7-2-14(25)26)36-10-5-17(31)32/h1-10,21-22H,11-12H2,(H,23,24)(H,25,26)(H,27,28)(H,29,30)(H,31,32)(H2,33,34,35). The van der Waals surface area contributed by atoms with E-state index in [1.165, 1.54) is 0 Å². The Balaban J connectivity index is 8.31. The normalized spacial score (nSPS) is 16.2. The first-order chi connectivity index (χ1) is 17.4. The Hall–Kier alpha value is -4.12. The molecular formula is C20H23O17P. The number of carbonyl (C=O) groups is 5. The van der Waals surface area contributed by atoms with Gasteiger partial charge in [0.15, 0.2) is 5.60 Å². The van der Waals surface area contributed by atoms with Gasteiger partial charge in [-0.15, -0.1) is 0 Å². The quantitative estimate of drug-likeness (QED) is 0.0562. The molecule has 0 aliphatic heterocycles. The SMILES string of the molecule is O=C(O)C=COC(C=CC(=O)O)(C=CC(=O)O)C(CO)(CO)C(C=CC(=O)O)(C=CC(=O)O)OP(=O)(O)O. The zero-order valence-corrected chi connectivity index (χ0v) is 19.8. The fourth-order valence-electron chi connectivity index (χ4n) is 3.12. The van der Waals surface area contributed by atoms with Gasteiger partial charge in [-0.3, -0.25) is 4.52 Å². The predicted molar refractivity (Wildman–Crippen MR) is 120 cm³/mol. The summed E-state index contributed by atoms with van der Waals surface area (Å²) in [5.41, 5.74) is -9.32. The molecule has 0 bridgehead atoms. The molecule has 0 rings (SSSR count). The van der Waals surface area contributed by atoms with Crippen LogP contribution < -0.4 is 0 Å². The van der Waals surface area contributed by atoms with E-state index in [1.807, 2.05) is 0 Å². The number of rotatable bonds is 17. The van der Waals surface area contributed by atoms with Crippen molar-refractivity contribution in [1.29, 1.82) is 0 Å². The Morgan fingerprint density at radius 1 is 0.605 bits per heavy atom. The van der Waals surface area contributed by atoms with Crippen LogP contribution in [0.1, 0.15) is 0 Å². The van der Waals surface area contributed by atoms with E-state index in [2.05, 4.69) is 4.52 Å². The summed E-state index contributed by atoms with van der Waals surface area (Å²) in [6.45, 7) is -3.29. The number of ether oxygens (including phenoxy) is 1. The molecule has 0 saturated heterocycles. The zero-order chi connectivity index (χ0) is 29.8. The second-order valence-corrected chi connectivity index (χ2v) is 8.18. The van der Waals surface area contributed by atoms with Crippen LogP contribution in [-0.4, -0.2) is 99.8 Å². The van der Waals surface area contributed by atoms with Gasteiger partial charge in [0.25, 0.3) is 0 Å². The van der Waals surface area contributed by atoms with Crippen molar-refractivity contribution < 1.29 is 83.3 Å². The summed E-state index contributed by atoms with van der Waals surface area (Å²) in [5.74, 6) is -8.92. The number of aliphatic hydroxyl groups is 2. The van der Waals surface area contributed by atoms with E-state index in [0.29, 0.717) is 18.4 Å². The highest BCUT2D eigenvalue weighted by Crippen LogP contribution is 2.55. The molecule has 17 nitrogen and oxygen atoms in total. The van der Waals surface area contributed by atoms with Crippen molar-refractivity contribution in [2.75, 3.05) is 13.2 Å². The minimum atomic E-state index is -5.88. The summed E-state index contributed by atoms with van der Waals surface area (Å²) >= 11 is 0. The van der Waals surface area contributed by atoms with Crippen LogP contribution in [0.2, 0.25) is 0 Å². The van der Waals surface area contributed by atoms with Gasteiger partial charge in [-0.1, -0.05) is 0 Å². The van der Waals surface area contributed by atoms with Gasteiger partial charge >= 0.3 is 37.7 Å². The lowest BCUT2D eigenvalue weighted by molar-refractivity contribution is -0.158. The minimum Gasteiger partial charge on any atom is -0.485 e. The smallest absolute Gasteiger partial charge is 0.470 e. The van der Waals surface area contributed by atoms with Crippen LogP contribution in [0.15, 0.2) is 60.9 Å². The number of carboxylic acids is 5. The van der Waals surface area contributed by atoms with Crippen LogP contribution in [0.25, 0.3) is 0 Å². The van der Waals surface area contributed by atoms with Gasteiger partial charge in [0, 0.05) is 24.3 Å². The zero-order valence-electron chi connectivity index (χ0n) is 18.9. The summed E-state index contributed by atoms with van der Waals surface area (Å²) in [4.78, 5) is 75.4. The fourth-order valence-corrected chi connectivity index (χ4v) is 3.81. The van der Waals surface area contributed by atoms with Gasteiger partial charge in [0.2, 0.25) is 0 Å². The summed E-state index contributed by atoms with van der Waals surface area (Å²) in [5, 5.41) is 66.4. The van der Waals surface area contributed by atoms with Crippen LogP contribution in [-0.2, 0) is 37.8 Å². The maximum Gasteiger partial charge on any atom is 0.470 e. The first kappa shape index (κ1) is 33.9. The molecular weight excluding hydrogens is 543 g/mol. The summed E-state index contributed by atoms with van der Waals surface area (Å²) in [7, 11) is -5.88. The van der Waals surface area contributed by atoms with Crippen molar-refractivity contribution in [3.8, 4) is 0 Å². The lowest BCUT2D eigenvalue weighted by Crippen LogP contribution is -2.65. The number of carboxylic acid groups (broad SMARTS) is 5. The van der Waals surface area contributed by atoms with Crippen LogP contribution in [0.4, 0.5) is 0 Å². The molecule has 0 saturated carbocycles. The van der Waals surface area contributed by atoms with Crippen molar-refractivity contribution in [2.24, 2.45) is 5.41 Å². The molecule has 0 fully saturated rings. The molecule has 0 aromatic rings. The van der Waals surface area contributed by atoms with Crippen molar-refractivity contribution in [3.05, 3.63) is 60.9 Å². The number of hydrogen-bond acceptors (Lipinski definition) is 10. The molecule has 210 valence electrons. The maximum absolute atomic E-state index is 12.0.